The highest BCUT2D eigenvalue weighted by molar-refractivity contribution is 7.52. The van der Waals surface area contributed by atoms with E-state index < -0.39 is 60.0 Å². The molecule has 2 saturated heterocycles. The minimum Gasteiger partial charge on any atom is -0.503 e. The van der Waals surface area contributed by atoms with Crippen LogP contribution in [0.4, 0.5) is 0 Å². The van der Waals surface area contributed by atoms with Crippen LogP contribution in [0, 0.1) is 0 Å². The Morgan fingerprint density at radius 3 is 2.71 bits per heavy atom. The molecule has 2 aromatic heterocycles. The Labute approximate surface area is 193 Å². The Balaban J connectivity index is 1.50. The summed E-state index contributed by atoms with van der Waals surface area (Å²) in [6.07, 6.45) is 0.757. The maximum atomic E-state index is 12.9. The third-order valence-corrected chi connectivity index (χ3v) is 7.73. The highest BCUT2D eigenvalue weighted by Gasteiger charge is 2.57. The number of carbonyl (C=O) groups is 2. The van der Waals surface area contributed by atoms with Crippen molar-refractivity contribution < 1.29 is 38.4 Å². The van der Waals surface area contributed by atoms with Crippen molar-refractivity contribution >= 4 is 36.6 Å². The smallest absolute Gasteiger partial charge is 0.438 e. The molecule has 0 aromatic carbocycles. The summed E-state index contributed by atoms with van der Waals surface area (Å²) in [6.45, 7) is 1.21. The number of hydrogen-bond donors (Lipinski definition) is 4. The van der Waals surface area contributed by atoms with Crippen LogP contribution >= 0.6 is 19.1 Å². The van der Waals surface area contributed by atoms with Gasteiger partial charge in [-0.25, -0.2) is 9.24 Å². The molecule has 17 heteroatoms. The van der Waals surface area contributed by atoms with Crippen molar-refractivity contribution in [2.75, 3.05) is 13.2 Å². The number of pyridine rings is 1. The minimum absolute atomic E-state index is 0.00821. The van der Waals surface area contributed by atoms with Gasteiger partial charge >= 0.3 is 12.6 Å². The van der Waals surface area contributed by atoms with E-state index in [1.165, 1.54) is 5.38 Å². The second-order valence-corrected chi connectivity index (χ2v) is 9.87. The Bertz CT molecular complexity index is 1320. The molecule has 4 heterocycles. The van der Waals surface area contributed by atoms with E-state index in [1.807, 2.05) is 0 Å². The Hall–Kier alpha value is -3.46. The van der Waals surface area contributed by atoms with Crippen molar-refractivity contribution in [3.63, 3.8) is 0 Å². The second-order valence-electron chi connectivity index (χ2n) is 7.14. The number of aromatic amines is 1. The normalized spacial score (nSPS) is 21.9. The molecule has 2 aliphatic rings. The van der Waals surface area contributed by atoms with E-state index in [0.29, 0.717) is 4.73 Å². The number of β-lactam (4-membered cyclic amide) rings is 1. The lowest BCUT2D eigenvalue weighted by molar-refractivity contribution is -0.145. The number of aromatic nitrogens is 2. The SMILES string of the molecule is C[C@H]1[C@H](NC(=O)/C(=N\OCc2cc(=O)c(O)cn2O)c2csc(=O)[nH]2)C(=O)N1P1(=O)OCCO1. The number of oxime groups is 1. The van der Waals surface area contributed by atoms with Crippen LogP contribution < -0.4 is 15.6 Å². The summed E-state index contributed by atoms with van der Waals surface area (Å²) < 4.78 is 24.1. The summed E-state index contributed by atoms with van der Waals surface area (Å²) in [5.41, 5.74) is -1.28. The molecule has 0 saturated carbocycles. The largest absolute Gasteiger partial charge is 0.503 e. The first-order valence-corrected chi connectivity index (χ1v) is 12.0. The van der Waals surface area contributed by atoms with Crippen molar-refractivity contribution in [2.24, 2.45) is 5.16 Å². The third-order valence-electron chi connectivity index (χ3n) is 4.95. The molecule has 15 nitrogen and oxygen atoms in total. The van der Waals surface area contributed by atoms with Gasteiger partial charge < -0.3 is 25.5 Å². The van der Waals surface area contributed by atoms with Gasteiger partial charge in [0.1, 0.15) is 11.7 Å². The van der Waals surface area contributed by atoms with Gasteiger partial charge in [-0.3, -0.25) is 28.2 Å². The van der Waals surface area contributed by atoms with Crippen molar-refractivity contribution in [3.8, 4) is 5.75 Å². The van der Waals surface area contributed by atoms with Gasteiger partial charge in [0.25, 0.3) is 11.8 Å². The van der Waals surface area contributed by atoms with Crippen LogP contribution in [-0.2, 0) is 34.6 Å². The van der Waals surface area contributed by atoms with Crippen molar-refractivity contribution in [1.82, 2.24) is 19.7 Å². The molecule has 182 valence electrons. The topological polar surface area (TPSA) is 202 Å². The maximum absolute atomic E-state index is 12.9. The van der Waals surface area contributed by atoms with Crippen LogP contribution in [-0.4, -0.2) is 67.5 Å². The van der Waals surface area contributed by atoms with Gasteiger partial charge in [0, 0.05) is 11.4 Å². The van der Waals surface area contributed by atoms with Gasteiger partial charge in [0.2, 0.25) is 5.43 Å². The quantitative estimate of drug-likeness (QED) is 0.120. The molecule has 0 bridgehead atoms. The average Bonchev–Trinajstić information content (AvgIpc) is 3.41. The van der Waals surface area contributed by atoms with Gasteiger partial charge in [0.15, 0.2) is 18.1 Å². The first-order chi connectivity index (χ1) is 16.1. The van der Waals surface area contributed by atoms with Crippen LogP contribution in [0.25, 0.3) is 0 Å². The molecule has 0 radical (unpaired) electrons. The van der Waals surface area contributed by atoms with Crippen molar-refractivity contribution in [2.45, 2.75) is 25.6 Å². The van der Waals surface area contributed by atoms with E-state index in [1.54, 1.807) is 6.92 Å². The Morgan fingerprint density at radius 2 is 2.09 bits per heavy atom. The van der Waals surface area contributed by atoms with Crippen molar-refractivity contribution in [3.05, 3.63) is 48.9 Å². The number of hydrogen-bond acceptors (Lipinski definition) is 12. The number of aromatic hydroxyl groups is 1. The fraction of sp³-hybridized carbons (Fsp3) is 0.353. The van der Waals surface area contributed by atoms with Crippen LogP contribution in [0.2, 0.25) is 0 Å². The van der Waals surface area contributed by atoms with E-state index in [-0.39, 0.29) is 24.6 Å². The molecule has 0 spiro atoms. The molecule has 4 rings (SSSR count). The zero-order valence-corrected chi connectivity index (χ0v) is 19.1. The monoisotopic (exact) mass is 515 g/mol. The molecule has 0 aliphatic carbocycles. The van der Waals surface area contributed by atoms with E-state index in [9.17, 15) is 34.1 Å². The summed E-state index contributed by atoms with van der Waals surface area (Å²) in [5.74, 6) is -2.26. The summed E-state index contributed by atoms with van der Waals surface area (Å²) in [6, 6.07) is -0.888. The molecule has 2 amide bonds. The van der Waals surface area contributed by atoms with Crippen LogP contribution in [0.15, 0.2) is 32.4 Å². The van der Waals surface area contributed by atoms with Gasteiger partial charge in [-0.2, -0.15) is 4.73 Å². The predicted molar refractivity (Wildman–Crippen MR) is 114 cm³/mol. The summed E-state index contributed by atoms with van der Waals surface area (Å²) >= 11 is 0.757. The fourth-order valence-corrected chi connectivity index (χ4v) is 5.69. The molecule has 4 N–H and O–H groups in total. The Kier molecular flexibility index (Phi) is 6.31. The molecule has 34 heavy (non-hydrogen) atoms. The van der Waals surface area contributed by atoms with Gasteiger partial charge in [-0.15, -0.1) is 0 Å². The van der Waals surface area contributed by atoms with E-state index in [4.69, 9.17) is 13.9 Å². The highest BCUT2D eigenvalue weighted by atomic mass is 32.1. The van der Waals surface area contributed by atoms with Gasteiger partial charge in [-0.05, 0) is 6.92 Å². The van der Waals surface area contributed by atoms with E-state index in [0.717, 1.165) is 28.3 Å². The summed E-state index contributed by atoms with van der Waals surface area (Å²) in [4.78, 5) is 55.5. The Morgan fingerprint density at radius 1 is 1.38 bits per heavy atom. The molecular formula is C17H18N5O10PS. The lowest BCUT2D eigenvalue weighted by Gasteiger charge is -2.45. The summed E-state index contributed by atoms with van der Waals surface area (Å²) in [7, 11) is -3.75. The average molecular weight is 515 g/mol. The lowest BCUT2D eigenvalue weighted by atomic mass is 10.0. The van der Waals surface area contributed by atoms with Gasteiger partial charge in [0.05, 0.1) is 31.1 Å². The van der Waals surface area contributed by atoms with E-state index in [2.05, 4.69) is 15.5 Å². The number of amides is 2. The molecule has 0 unspecified atom stereocenters. The number of rotatable bonds is 7. The fourth-order valence-electron chi connectivity index (χ4n) is 3.25. The predicted octanol–water partition coefficient (Wildman–Crippen LogP) is -0.668. The molecule has 2 atom stereocenters. The van der Waals surface area contributed by atoms with Crippen LogP contribution in [0.1, 0.15) is 18.3 Å². The zero-order chi connectivity index (χ0) is 24.6. The second kappa shape index (κ2) is 9.06. The summed E-state index contributed by atoms with van der Waals surface area (Å²) in [5, 5.41) is 26.5. The number of nitrogens with one attached hydrogen (secondary N) is 2. The number of carbonyl (C=O) groups excluding carboxylic acids is 2. The van der Waals surface area contributed by atoms with Crippen molar-refractivity contribution in [1.29, 1.82) is 0 Å². The maximum Gasteiger partial charge on any atom is 0.438 e. The number of nitrogens with zero attached hydrogens (tertiary/aromatic N) is 3. The lowest BCUT2D eigenvalue weighted by Crippen LogP contribution is -2.68. The molecular weight excluding hydrogens is 497 g/mol. The standard InChI is InChI=1S/C17H18N5O10PS/c1-8-13(16(26)22(8)33(29)31-2-3-32-33)19-15(25)14(10-7-34-17(27)18-10)20-30-6-9-4-11(23)12(24)5-21(9)28/h4-5,7-8,13,24,28H,2-3,6H2,1H3,(H,18,27)(H,19,25)/b20-14-/t8-,13-/m0/s1. The zero-order valence-electron chi connectivity index (χ0n) is 17.4. The van der Waals surface area contributed by atoms with Crippen LogP contribution in [0.3, 0.4) is 0 Å². The third kappa shape index (κ3) is 4.35. The number of H-pyrrole nitrogens is 1. The van der Waals surface area contributed by atoms with Gasteiger partial charge in [-0.1, -0.05) is 16.5 Å². The first-order valence-electron chi connectivity index (χ1n) is 9.66. The molecule has 2 fully saturated rings. The van der Waals surface area contributed by atoms with E-state index >= 15 is 0 Å². The molecule has 2 aliphatic heterocycles. The first kappa shape index (κ1) is 23.7. The number of thiazole rings is 1. The van der Waals surface area contributed by atoms with Crippen LogP contribution in [0.5, 0.6) is 5.75 Å². The minimum atomic E-state index is -3.75. The highest BCUT2D eigenvalue weighted by Crippen LogP contribution is 2.59. The molecule has 2 aromatic rings.